The molecule has 30 heavy (non-hydrogen) atoms. The summed E-state index contributed by atoms with van der Waals surface area (Å²) in [6.07, 6.45) is 4.29. The van der Waals surface area contributed by atoms with Gasteiger partial charge in [0.15, 0.2) is 0 Å². The van der Waals surface area contributed by atoms with E-state index in [0.29, 0.717) is 43.1 Å². The highest BCUT2D eigenvalue weighted by molar-refractivity contribution is 5.94. The molecule has 0 unspecified atom stereocenters. The number of aromatic nitrogens is 2. The topological polar surface area (TPSA) is 114 Å². The van der Waals surface area contributed by atoms with Gasteiger partial charge in [-0.05, 0) is 24.0 Å². The first kappa shape index (κ1) is 23.2. The fourth-order valence-electron chi connectivity index (χ4n) is 2.99. The predicted octanol–water partition coefficient (Wildman–Crippen LogP) is 2.24. The molecule has 162 valence electrons. The van der Waals surface area contributed by atoms with Gasteiger partial charge < -0.3 is 20.1 Å². The summed E-state index contributed by atoms with van der Waals surface area (Å²) in [5.74, 6) is -0.655. The van der Waals surface area contributed by atoms with E-state index < -0.39 is 11.8 Å². The molecule has 1 aliphatic rings. The van der Waals surface area contributed by atoms with Crippen LogP contribution in [0.3, 0.4) is 0 Å². The van der Waals surface area contributed by atoms with Crippen LogP contribution in [-0.4, -0.2) is 48.1 Å². The number of amidine groups is 1. The van der Waals surface area contributed by atoms with Crippen molar-refractivity contribution in [3.63, 3.8) is 0 Å². The molecular weight excluding hydrogens is 389 g/mol. The number of nitrogens with zero attached hydrogens (tertiary/aromatic N) is 3. The molecule has 0 aliphatic carbocycles. The minimum Gasteiger partial charge on any atom is -0.460 e. The third kappa shape index (κ3) is 6.48. The van der Waals surface area contributed by atoms with Gasteiger partial charge in [-0.25, -0.2) is 14.4 Å². The molecule has 1 aliphatic heterocycles. The fraction of sp³-hybridized carbons (Fsp3) is 0.429. The Bertz CT molecular complexity index is 854. The molecule has 1 fully saturated rings. The number of aryl methyl sites for hydroxylation is 2. The lowest BCUT2D eigenvalue weighted by Crippen LogP contribution is -2.37. The number of hydrogen-bond donors (Lipinski definition) is 2. The van der Waals surface area contributed by atoms with Crippen LogP contribution < -0.4 is 10.6 Å². The van der Waals surface area contributed by atoms with E-state index in [1.54, 1.807) is 30.6 Å². The Morgan fingerprint density at radius 3 is 2.53 bits per heavy atom. The van der Waals surface area contributed by atoms with E-state index >= 15 is 0 Å². The van der Waals surface area contributed by atoms with Gasteiger partial charge in [-0.1, -0.05) is 25.6 Å². The van der Waals surface area contributed by atoms with Crippen molar-refractivity contribution in [2.75, 3.05) is 31.2 Å². The van der Waals surface area contributed by atoms with E-state index in [4.69, 9.17) is 20.6 Å². The Hall–Kier alpha value is -3.07. The number of ether oxygens (including phenoxy) is 2. The van der Waals surface area contributed by atoms with Gasteiger partial charge in [-0.3, -0.25) is 10.2 Å². The molecule has 8 nitrogen and oxygen atoms in total. The normalized spacial score (nSPS) is 13.4. The fourth-order valence-corrected chi connectivity index (χ4v) is 2.99. The second kappa shape index (κ2) is 11.2. The molecule has 0 bridgehead atoms. The van der Waals surface area contributed by atoms with Crippen LogP contribution in [0.1, 0.15) is 30.5 Å². The van der Waals surface area contributed by atoms with Crippen molar-refractivity contribution in [1.82, 2.24) is 9.97 Å². The van der Waals surface area contributed by atoms with Crippen molar-refractivity contribution in [2.24, 2.45) is 5.73 Å². The highest BCUT2D eigenvalue weighted by Gasteiger charge is 2.14. The maximum absolute atomic E-state index is 14.7. The van der Waals surface area contributed by atoms with Gasteiger partial charge in [0.25, 0.3) is 0 Å². The van der Waals surface area contributed by atoms with Gasteiger partial charge in [0.2, 0.25) is 5.95 Å². The Morgan fingerprint density at radius 1 is 1.20 bits per heavy atom. The van der Waals surface area contributed by atoms with Crippen LogP contribution in [0.25, 0.3) is 0 Å². The number of morpholine rings is 1. The minimum atomic E-state index is -0.653. The predicted molar refractivity (Wildman–Crippen MR) is 112 cm³/mol. The van der Waals surface area contributed by atoms with E-state index in [1.165, 1.54) is 0 Å². The van der Waals surface area contributed by atoms with E-state index in [-0.39, 0.29) is 26.3 Å². The van der Waals surface area contributed by atoms with Crippen LogP contribution in [0, 0.1) is 11.2 Å². The number of carbonyl (C=O) groups is 1. The maximum Gasteiger partial charge on any atom is 0.313 e. The van der Waals surface area contributed by atoms with Crippen molar-refractivity contribution in [3.05, 3.63) is 53.1 Å². The first-order valence-electron chi connectivity index (χ1n) is 9.41. The van der Waals surface area contributed by atoms with Crippen LogP contribution in [0.5, 0.6) is 0 Å². The zero-order valence-corrected chi connectivity index (χ0v) is 16.1. The number of esters is 1. The first-order valence-corrected chi connectivity index (χ1v) is 9.41. The van der Waals surface area contributed by atoms with Gasteiger partial charge in [0, 0.05) is 31.0 Å². The average Bonchev–Trinajstić information content (AvgIpc) is 2.73. The number of halogens is 1. The minimum absolute atomic E-state index is 0. The molecule has 1 aromatic carbocycles. The SMILES string of the molecule is C.N=C(N)CC(=O)OCc1cccc(CCc2cnc(N3CCOCC3)nc2)c1F. The van der Waals surface area contributed by atoms with Crippen molar-refractivity contribution in [3.8, 4) is 0 Å². The standard InChI is InChI=1S/C20H24FN5O3.CH4/c21-19-15(2-1-3-16(19)13-29-18(27)10-17(22)23)5-4-14-11-24-20(25-12-14)26-6-8-28-9-7-26;/h1-3,11-12H,4-10,13H2,(H3,22,23);1H4. The Labute approximate surface area is 175 Å². The summed E-state index contributed by atoms with van der Waals surface area (Å²) in [6.45, 7) is 2.70. The lowest BCUT2D eigenvalue weighted by molar-refractivity contribution is -0.143. The van der Waals surface area contributed by atoms with Crippen molar-refractivity contribution >= 4 is 17.8 Å². The molecule has 3 rings (SSSR count). The Kier molecular flexibility index (Phi) is 8.67. The summed E-state index contributed by atoms with van der Waals surface area (Å²) < 4.78 is 25.0. The van der Waals surface area contributed by atoms with Crippen LogP contribution in [0.15, 0.2) is 30.6 Å². The average molecular weight is 417 g/mol. The number of nitrogens with two attached hydrogens (primary N) is 1. The second-order valence-electron chi connectivity index (χ2n) is 6.74. The van der Waals surface area contributed by atoms with Gasteiger partial charge in [-0.15, -0.1) is 0 Å². The summed E-state index contributed by atoms with van der Waals surface area (Å²) in [7, 11) is 0. The van der Waals surface area contributed by atoms with Crippen molar-refractivity contribution < 1.29 is 18.7 Å². The summed E-state index contributed by atoms with van der Waals surface area (Å²) in [6, 6.07) is 5.00. The highest BCUT2D eigenvalue weighted by Crippen LogP contribution is 2.17. The summed E-state index contributed by atoms with van der Waals surface area (Å²) in [5.41, 5.74) is 6.89. The summed E-state index contributed by atoms with van der Waals surface area (Å²) in [4.78, 5) is 22.4. The molecule has 1 aromatic heterocycles. The second-order valence-corrected chi connectivity index (χ2v) is 6.74. The summed E-state index contributed by atoms with van der Waals surface area (Å²) >= 11 is 0. The zero-order chi connectivity index (χ0) is 20.6. The maximum atomic E-state index is 14.7. The van der Waals surface area contributed by atoms with Crippen LogP contribution in [0.2, 0.25) is 0 Å². The van der Waals surface area contributed by atoms with E-state index in [2.05, 4.69) is 14.9 Å². The van der Waals surface area contributed by atoms with Gasteiger partial charge in [-0.2, -0.15) is 0 Å². The van der Waals surface area contributed by atoms with Crippen LogP contribution in [0.4, 0.5) is 10.3 Å². The smallest absolute Gasteiger partial charge is 0.313 e. The molecule has 0 radical (unpaired) electrons. The largest absolute Gasteiger partial charge is 0.460 e. The molecule has 0 atom stereocenters. The highest BCUT2D eigenvalue weighted by atomic mass is 19.1. The number of anilines is 1. The number of rotatable bonds is 8. The van der Waals surface area contributed by atoms with E-state index in [1.807, 2.05) is 0 Å². The van der Waals surface area contributed by atoms with Crippen molar-refractivity contribution in [1.29, 1.82) is 5.41 Å². The molecule has 0 amide bonds. The molecule has 0 spiro atoms. The number of nitrogens with one attached hydrogen (secondary N) is 1. The molecule has 9 heteroatoms. The van der Waals surface area contributed by atoms with Crippen LogP contribution >= 0.6 is 0 Å². The van der Waals surface area contributed by atoms with Gasteiger partial charge in [0.1, 0.15) is 24.7 Å². The third-order valence-corrected chi connectivity index (χ3v) is 4.55. The number of benzene rings is 1. The summed E-state index contributed by atoms with van der Waals surface area (Å²) in [5, 5.41) is 7.08. The molecular formula is C21H28FN5O3. The zero-order valence-electron chi connectivity index (χ0n) is 16.1. The van der Waals surface area contributed by atoms with Crippen molar-refractivity contribution in [2.45, 2.75) is 33.3 Å². The van der Waals surface area contributed by atoms with E-state index in [9.17, 15) is 9.18 Å². The Morgan fingerprint density at radius 2 is 1.87 bits per heavy atom. The monoisotopic (exact) mass is 417 g/mol. The number of carbonyl (C=O) groups excluding carboxylic acids is 1. The third-order valence-electron chi connectivity index (χ3n) is 4.55. The number of hydrogen-bond acceptors (Lipinski definition) is 7. The molecule has 2 aromatic rings. The van der Waals surface area contributed by atoms with E-state index in [0.717, 1.165) is 18.7 Å². The lowest BCUT2D eigenvalue weighted by atomic mass is 10.0. The Balaban J connectivity index is 0.00000320. The molecule has 0 saturated carbocycles. The molecule has 3 N–H and O–H groups in total. The first-order chi connectivity index (χ1) is 14.0. The molecule has 1 saturated heterocycles. The quantitative estimate of drug-likeness (QED) is 0.385. The molecule has 2 heterocycles. The van der Waals surface area contributed by atoms with Gasteiger partial charge in [0.05, 0.1) is 13.2 Å². The van der Waals surface area contributed by atoms with Crippen LogP contribution in [-0.2, 0) is 33.7 Å². The lowest BCUT2D eigenvalue weighted by Gasteiger charge is -2.26. The van der Waals surface area contributed by atoms with Gasteiger partial charge >= 0.3 is 5.97 Å².